The number of ether oxygens (including phenoxy) is 4. The highest BCUT2D eigenvalue weighted by atomic mass is 16.7. The van der Waals surface area contributed by atoms with Gasteiger partial charge in [-0.25, -0.2) is 0 Å². The van der Waals surface area contributed by atoms with Crippen LogP contribution in [0.2, 0.25) is 0 Å². The normalized spacial score (nSPS) is 36.9. The van der Waals surface area contributed by atoms with E-state index in [1.807, 2.05) is 32.0 Å². The van der Waals surface area contributed by atoms with Crippen LogP contribution in [0.4, 0.5) is 0 Å². The molecule has 0 bridgehead atoms. The summed E-state index contributed by atoms with van der Waals surface area (Å²) in [5, 5.41) is 0. The number of hydrogen-bond donors (Lipinski definition) is 0. The van der Waals surface area contributed by atoms with E-state index in [0.29, 0.717) is 19.6 Å². The number of hydrogen-bond acceptors (Lipinski definition) is 5. The van der Waals surface area contributed by atoms with Crippen LogP contribution in [0.25, 0.3) is 0 Å². The van der Waals surface area contributed by atoms with Crippen LogP contribution in [0.1, 0.15) is 38.7 Å². The van der Waals surface area contributed by atoms with Crippen molar-refractivity contribution in [3.63, 3.8) is 0 Å². The first kappa shape index (κ1) is 16.1. The molecule has 1 aromatic rings. The zero-order valence-corrected chi connectivity index (χ0v) is 14.2. The predicted molar refractivity (Wildman–Crippen MR) is 86.1 cm³/mol. The summed E-state index contributed by atoms with van der Waals surface area (Å²) >= 11 is 0. The largest absolute Gasteiger partial charge is 0.459 e. The molecule has 3 fully saturated rings. The standard InChI is InChI=1S/C19H24O5/c1-18(2)16-15(22-17(18)20)10-19(24-16)9-8-14(23-19)12-21-11-13-6-4-3-5-7-13/h3-7,14-16H,8-12H2,1-2H3/t14-,15+,16-,19+/m0/s1. The van der Waals surface area contributed by atoms with Gasteiger partial charge in [-0.1, -0.05) is 30.3 Å². The molecule has 1 aromatic carbocycles. The lowest BCUT2D eigenvalue weighted by molar-refractivity contribution is -0.233. The third-order valence-corrected chi connectivity index (χ3v) is 5.33. The molecule has 4 atom stereocenters. The van der Waals surface area contributed by atoms with Gasteiger partial charge in [0.25, 0.3) is 0 Å². The molecule has 3 aliphatic rings. The highest BCUT2D eigenvalue weighted by molar-refractivity contribution is 5.79. The average Bonchev–Trinajstić information content (AvgIpc) is 3.18. The number of fused-ring (bicyclic) bond motifs is 1. The van der Waals surface area contributed by atoms with Crippen LogP contribution in [0.5, 0.6) is 0 Å². The molecule has 0 aromatic heterocycles. The van der Waals surface area contributed by atoms with Crippen molar-refractivity contribution in [2.24, 2.45) is 5.41 Å². The molecule has 4 rings (SSSR count). The first-order valence-electron chi connectivity index (χ1n) is 8.67. The summed E-state index contributed by atoms with van der Waals surface area (Å²) in [5.41, 5.74) is 0.560. The lowest BCUT2D eigenvalue weighted by Crippen LogP contribution is -2.37. The summed E-state index contributed by atoms with van der Waals surface area (Å²) in [4.78, 5) is 11.9. The molecule has 5 heteroatoms. The van der Waals surface area contributed by atoms with Crippen LogP contribution in [-0.2, 0) is 30.3 Å². The Bertz CT molecular complexity index is 613. The second-order valence-corrected chi connectivity index (χ2v) is 7.60. The molecular weight excluding hydrogens is 308 g/mol. The van der Waals surface area contributed by atoms with Crippen molar-refractivity contribution in [3.05, 3.63) is 35.9 Å². The minimum Gasteiger partial charge on any atom is -0.459 e. The molecule has 0 aliphatic carbocycles. The van der Waals surface area contributed by atoms with Gasteiger partial charge in [0, 0.05) is 12.8 Å². The van der Waals surface area contributed by atoms with Crippen molar-refractivity contribution in [2.75, 3.05) is 6.61 Å². The molecular formula is C19H24O5. The maximum Gasteiger partial charge on any atom is 0.314 e. The van der Waals surface area contributed by atoms with Crippen molar-refractivity contribution in [1.82, 2.24) is 0 Å². The van der Waals surface area contributed by atoms with Gasteiger partial charge >= 0.3 is 5.97 Å². The van der Waals surface area contributed by atoms with Crippen LogP contribution in [0, 0.1) is 5.41 Å². The summed E-state index contributed by atoms with van der Waals surface area (Å²) in [5.74, 6) is -0.776. The van der Waals surface area contributed by atoms with E-state index in [4.69, 9.17) is 18.9 Å². The third-order valence-electron chi connectivity index (χ3n) is 5.33. The van der Waals surface area contributed by atoms with E-state index in [0.717, 1.165) is 18.4 Å². The van der Waals surface area contributed by atoms with Crippen LogP contribution in [0.15, 0.2) is 30.3 Å². The fraction of sp³-hybridized carbons (Fsp3) is 0.632. The zero-order valence-electron chi connectivity index (χ0n) is 14.2. The summed E-state index contributed by atoms with van der Waals surface area (Å²) < 4.78 is 23.6. The maximum atomic E-state index is 11.9. The van der Waals surface area contributed by atoms with Gasteiger partial charge in [-0.15, -0.1) is 0 Å². The Kier molecular flexibility index (Phi) is 3.90. The first-order chi connectivity index (χ1) is 11.5. The molecule has 0 unspecified atom stereocenters. The lowest BCUT2D eigenvalue weighted by Gasteiger charge is -2.28. The van der Waals surface area contributed by atoms with E-state index in [1.165, 1.54) is 0 Å². The van der Waals surface area contributed by atoms with Crippen LogP contribution >= 0.6 is 0 Å². The molecule has 1 spiro atoms. The van der Waals surface area contributed by atoms with Gasteiger partial charge < -0.3 is 18.9 Å². The quantitative estimate of drug-likeness (QED) is 0.794. The van der Waals surface area contributed by atoms with Crippen molar-refractivity contribution in [2.45, 2.75) is 63.8 Å². The summed E-state index contributed by atoms with van der Waals surface area (Å²) in [6, 6.07) is 10.1. The molecule has 5 nitrogen and oxygen atoms in total. The molecule has 0 N–H and O–H groups in total. The number of carbonyl (C=O) groups excluding carboxylic acids is 1. The van der Waals surface area contributed by atoms with E-state index in [2.05, 4.69) is 12.1 Å². The van der Waals surface area contributed by atoms with Gasteiger partial charge in [0.15, 0.2) is 5.79 Å². The lowest BCUT2D eigenvalue weighted by atomic mass is 9.87. The van der Waals surface area contributed by atoms with Crippen molar-refractivity contribution in [1.29, 1.82) is 0 Å². The molecule has 3 heterocycles. The minimum atomic E-state index is -0.603. The van der Waals surface area contributed by atoms with Crippen LogP contribution in [0.3, 0.4) is 0 Å². The second kappa shape index (κ2) is 5.83. The molecule has 3 saturated heterocycles. The van der Waals surface area contributed by atoms with E-state index < -0.39 is 11.2 Å². The number of rotatable bonds is 4. The maximum absolute atomic E-state index is 11.9. The summed E-state index contributed by atoms with van der Waals surface area (Å²) in [7, 11) is 0. The van der Waals surface area contributed by atoms with Crippen molar-refractivity contribution < 1.29 is 23.7 Å². The van der Waals surface area contributed by atoms with Crippen molar-refractivity contribution in [3.8, 4) is 0 Å². The molecule has 0 amide bonds. The molecule has 0 radical (unpaired) electrons. The Balaban J connectivity index is 1.30. The van der Waals surface area contributed by atoms with E-state index >= 15 is 0 Å². The van der Waals surface area contributed by atoms with Gasteiger partial charge in [0.2, 0.25) is 0 Å². The van der Waals surface area contributed by atoms with Crippen LogP contribution < -0.4 is 0 Å². The highest BCUT2D eigenvalue weighted by Crippen LogP contribution is 2.51. The van der Waals surface area contributed by atoms with Gasteiger partial charge in [0.05, 0.1) is 24.7 Å². The van der Waals surface area contributed by atoms with E-state index in [1.54, 1.807) is 0 Å². The van der Waals surface area contributed by atoms with Crippen LogP contribution in [-0.4, -0.2) is 36.7 Å². The molecule has 24 heavy (non-hydrogen) atoms. The topological polar surface area (TPSA) is 54.0 Å². The second-order valence-electron chi connectivity index (χ2n) is 7.60. The van der Waals surface area contributed by atoms with E-state index in [9.17, 15) is 4.79 Å². The summed E-state index contributed by atoms with van der Waals surface area (Å²) in [6.45, 7) is 4.91. The molecule has 3 aliphatic heterocycles. The third kappa shape index (κ3) is 2.75. The van der Waals surface area contributed by atoms with Crippen molar-refractivity contribution >= 4 is 5.97 Å². The Morgan fingerprint density at radius 1 is 1.21 bits per heavy atom. The average molecular weight is 332 g/mol. The molecule has 130 valence electrons. The highest BCUT2D eigenvalue weighted by Gasteiger charge is 2.63. The zero-order chi connectivity index (χ0) is 16.8. The Labute approximate surface area is 142 Å². The fourth-order valence-electron chi connectivity index (χ4n) is 3.93. The Morgan fingerprint density at radius 3 is 2.75 bits per heavy atom. The number of carbonyl (C=O) groups is 1. The fourth-order valence-corrected chi connectivity index (χ4v) is 3.93. The van der Waals surface area contributed by atoms with E-state index in [-0.39, 0.29) is 24.3 Å². The monoisotopic (exact) mass is 332 g/mol. The Hall–Kier alpha value is -1.43. The molecule has 0 saturated carbocycles. The number of benzene rings is 1. The first-order valence-corrected chi connectivity index (χ1v) is 8.67. The summed E-state index contributed by atoms with van der Waals surface area (Å²) in [6.07, 6.45) is 1.99. The van der Waals surface area contributed by atoms with Gasteiger partial charge in [-0.2, -0.15) is 0 Å². The van der Waals surface area contributed by atoms with Gasteiger partial charge in [-0.3, -0.25) is 4.79 Å². The smallest absolute Gasteiger partial charge is 0.314 e. The minimum absolute atomic E-state index is 0.0337. The number of esters is 1. The predicted octanol–water partition coefficient (Wildman–Crippen LogP) is 2.82. The van der Waals surface area contributed by atoms with Gasteiger partial charge in [0.1, 0.15) is 12.2 Å². The van der Waals surface area contributed by atoms with Gasteiger partial charge in [-0.05, 0) is 25.8 Å². The Morgan fingerprint density at radius 2 is 2.00 bits per heavy atom. The SMILES string of the molecule is CC1(C)C(=O)O[C@@H]2C[C@@]3(CC[C@@H](COCc4ccccc4)O3)O[C@@H]21.